The van der Waals surface area contributed by atoms with Crippen LogP contribution in [-0.2, 0) is 10.2 Å². The molecule has 2 fully saturated rings. The Balaban J connectivity index is 1.50. The van der Waals surface area contributed by atoms with Crippen molar-refractivity contribution in [2.45, 2.75) is 37.5 Å². The summed E-state index contributed by atoms with van der Waals surface area (Å²) in [6.45, 7) is 1.47. The Kier molecular flexibility index (Phi) is 5.35. The molecule has 3 nitrogen and oxygen atoms in total. The normalized spacial score (nSPS) is 24.6. The molecule has 0 aromatic heterocycles. The first-order valence-electron chi connectivity index (χ1n) is 11.5. The molecule has 2 aliphatic carbocycles. The second-order valence-corrected chi connectivity index (χ2v) is 9.18. The van der Waals surface area contributed by atoms with Crippen LogP contribution in [0.5, 0.6) is 0 Å². The number of rotatable bonds is 4. The van der Waals surface area contributed by atoms with E-state index in [9.17, 15) is 4.79 Å². The quantitative estimate of drug-likeness (QED) is 0.409. The lowest BCUT2D eigenvalue weighted by atomic mass is 9.56. The molecule has 1 aliphatic heterocycles. The minimum atomic E-state index is -0.178. The van der Waals surface area contributed by atoms with Crippen molar-refractivity contribution in [3.63, 3.8) is 0 Å². The van der Waals surface area contributed by atoms with Gasteiger partial charge >= 0.3 is 0 Å². The highest BCUT2D eigenvalue weighted by molar-refractivity contribution is 5.87. The molecule has 2 aromatic carbocycles. The Bertz CT molecular complexity index is 982. The van der Waals surface area contributed by atoms with Crippen molar-refractivity contribution in [1.29, 1.82) is 5.41 Å². The second-order valence-electron chi connectivity index (χ2n) is 9.18. The number of carbonyl (C=O) groups is 1. The zero-order valence-corrected chi connectivity index (χ0v) is 18.0. The van der Waals surface area contributed by atoms with Crippen LogP contribution in [0.1, 0.15) is 43.2 Å². The molecule has 3 heteroatoms. The Morgan fingerprint density at radius 2 is 1.65 bits per heavy atom. The van der Waals surface area contributed by atoms with Gasteiger partial charge in [-0.2, -0.15) is 0 Å². The Labute approximate surface area is 185 Å². The third-order valence-electron chi connectivity index (χ3n) is 7.58. The Morgan fingerprint density at radius 3 is 2.26 bits per heavy atom. The molecule has 0 radical (unpaired) electrons. The van der Waals surface area contributed by atoms with Gasteiger partial charge in [-0.25, -0.2) is 0 Å². The summed E-state index contributed by atoms with van der Waals surface area (Å²) >= 11 is 0. The van der Waals surface area contributed by atoms with Crippen molar-refractivity contribution in [1.82, 2.24) is 4.90 Å². The number of likely N-dealkylation sites (tertiary alicyclic amines) is 1. The van der Waals surface area contributed by atoms with Gasteiger partial charge < -0.3 is 4.90 Å². The summed E-state index contributed by atoms with van der Waals surface area (Å²) < 4.78 is 0. The number of hydrogen-bond acceptors (Lipinski definition) is 2. The van der Waals surface area contributed by atoms with E-state index in [0.29, 0.717) is 31.0 Å². The molecule has 0 bridgehead atoms. The Hall–Kier alpha value is -2.94. The summed E-state index contributed by atoms with van der Waals surface area (Å²) in [5.41, 5.74) is 3.75. The van der Waals surface area contributed by atoms with Crippen LogP contribution in [0.15, 0.2) is 84.5 Å². The summed E-state index contributed by atoms with van der Waals surface area (Å²) in [4.78, 5) is 15.3. The molecule has 2 atom stereocenters. The van der Waals surface area contributed by atoms with Gasteiger partial charge in [-0.1, -0.05) is 84.5 Å². The third-order valence-corrected chi connectivity index (χ3v) is 7.58. The van der Waals surface area contributed by atoms with Crippen LogP contribution >= 0.6 is 0 Å². The van der Waals surface area contributed by atoms with E-state index < -0.39 is 0 Å². The fraction of sp³-hybridized carbons (Fsp3) is 0.357. The van der Waals surface area contributed by atoms with Gasteiger partial charge in [0.05, 0.1) is 5.84 Å². The summed E-state index contributed by atoms with van der Waals surface area (Å²) in [6.07, 6.45) is 10.7. The van der Waals surface area contributed by atoms with E-state index in [-0.39, 0.29) is 17.3 Å². The van der Waals surface area contributed by atoms with Gasteiger partial charge in [0.2, 0.25) is 0 Å². The average molecular weight is 411 g/mol. The molecule has 2 aromatic rings. The van der Waals surface area contributed by atoms with Gasteiger partial charge in [0.25, 0.3) is 0 Å². The molecule has 0 amide bonds. The number of benzene rings is 2. The lowest BCUT2D eigenvalue weighted by molar-refractivity contribution is -0.126. The SMILES string of the molecule is N=C(CC1=CCC=CC1)N1CC2C(=O)CCC(c3ccccc3)(c3ccccc3)C2C1. The Morgan fingerprint density at radius 1 is 0.968 bits per heavy atom. The number of hydrogen-bond donors (Lipinski definition) is 1. The van der Waals surface area contributed by atoms with E-state index in [1.165, 1.54) is 16.7 Å². The van der Waals surface area contributed by atoms with E-state index in [0.717, 1.165) is 25.8 Å². The third kappa shape index (κ3) is 3.56. The minimum Gasteiger partial charge on any atom is -0.359 e. The molecule has 158 valence electrons. The molecule has 1 N–H and O–H groups in total. The van der Waals surface area contributed by atoms with Crippen LogP contribution < -0.4 is 0 Å². The zero-order chi connectivity index (χ0) is 21.3. The number of Topliss-reactive ketones (excluding diaryl/α,β-unsaturated/α-hetero) is 1. The number of allylic oxidation sites excluding steroid dienone is 3. The maximum Gasteiger partial charge on any atom is 0.138 e. The lowest BCUT2D eigenvalue weighted by Gasteiger charge is -2.45. The number of nitrogens with one attached hydrogen (secondary N) is 1. The second kappa shape index (κ2) is 8.30. The van der Waals surface area contributed by atoms with Gasteiger partial charge in [-0.15, -0.1) is 0 Å². The highest BCUT2D eigenvalue weighted by Crippen LogP contribution is 2.52. The van der Waals surface area contributed by atoms with Crippen LogP contribution in [0.25, 0.3) is 0 Å². The summed E-state index contributed by atoms with van der Waals surface area (Å²) in [5, 5.41) is 8.83. The molecule has 2 unspecified atom stereocenters. The maximum absolute atomic E-state index is 13.1. The van der Waals surface area contributed by atoms with E-state index in [4.69, 9.17) is 5.41 Å². The van der Waals surface area contributed by atoms with E-state index in [2.05, 4.69) is 83.8 Å². The minimum absolute atomic E-state index is 0.00487. The van der Waals surface area contributed by atoms with Crippen molar-refractivity contribution in [3.8, 4) is 0 Å². The summed E-state index contributed by atoms with van der Waals surface area (Å²) in [6, 6.07) is 21.5. The molecule has 31 heavy (non-hydrogen) atoms. The molecule has 1 heterocycles. The fourth-order valence-corrected chi connectivity index (χ4v) is 6.02. The lowest BCUT2D eigenvalue weighted by Crippen LogP contribution is -2.47. The van der Waals surface area contributed by atoms with Crippen LogP contribution in [0.4, 0.5) is 0 Å². The van der Waals surface area contributed by atoms with Crippen LogP contribution in [0.3, 0.4) is 0 Å². The van der Waals surface area contributed by atoms with Crippen molar-refractivity contribution in [2.75, 3.05) is 13.1 Å². The van der Waals surface area contributed by atoms with E-state index >= 15 is 0 Å². The zero-order valence-electron chi connectivity index (χ0n) is 18.0. The molecular formula is C28H30N2O. The van der Waals surface area contributed by atoms with Crippen molar-refractivity contribution in [3.05, 3.63) is 95.6 Å². The van der Waals surface area contributed by atoms with Gasteiger partial charge in [-0.05, 0) is 30.4 Å². The van der Waals surface area contributed by atoms with Crippen molar-refractivity contribution in [2.24, 2.45) is 11.8 Å². The van der Waals surface area contributed by atoms with Gasteiger partial charge in [0.1, 0.15) is 5.78 Å². The standard InChI is InChI=1S/C28H30N2O/c29-27(18-21-10-4-1-5-11-21)30-19-24-25(20-30)28(17-16-26(24)31,22-12-6-2-7-13-22)23-14-8-3-9-15-23/h1-4,6-9,11-15,24-25,29H,5,10,16-20H2. The van der Waals surface area contributed by atoms with E-state index in [1.54, 1.807) is 0 Å². The predicted molar refractivity (Wildman–Crippen MR) is 125 cm³/mol. The summed E-state index contributed by atoms with van der Waals surface area (Å²) in [5.74, 6) is 1.23. The molecule has 1 saturated carbocycles. The first-order chi connectivity index (χ1) is 15.2. The van der Waals surface area contributed by atoms with Gasteiger partial charge in [0, 0.05) is 43.2 Å². The van der Waals surface area contributed by atoms with Crippen molar-refractivity contribution >= 4 is 11.6 Å². The number of fused-ring (bicyclic) bond motifs is 1. The maximum atomic E-state index is 13.1. The van der Waals surface area contributed by atoms with Crippen LogP contribution in [0, 0.1) is 17.2 Å². The molecule has 0 spiro atoms. The smallest absolute Gasteiger partial charge is 0.138 e. The van der Waals surface area contributed by atoms with Crippen LogP contribution in [-0.4, -0.2) is 29.6 Å². The van der Waals surface area contributed by atoms with Gasteiger partial charge in [0.15, 0.2) is 0 Å². The van der Waals surface area contributed by atoms with Gasteiger partial charge in [-0.3, -0.25) is 10.2 Å². The van der Waals surface area contributed by atoms with E-state index in [1.807, 2.05) is 0 Å². The highest BCUT2D eigenvalue weighted by Gasteiger charge is 2.54. The number of nitrogens with zero attached hydrogens (tertiary/aromatic N) is 1. The fourth-order valence-electron chi connectivity index (χ4n) is 6.02. The largest absolute Gasteiger partial charge is 0.359 e. The number of ketones is 1. The average Bonchev–Trinajstić information content (AvgIpc) is 3.29. The number of carbonyl (C=O) groups excluding carboxylic acids is 1. The number of amidine groups is 1. The highest BCUT2D eigenvalue weighted by atomic mass is 16.1. The first kappa shape index (κ1) is 20.0. The van der Waals surface area contributed by atoms with Crippen molar-refractivity contribution < 1.29 is 4.79 Å². The first-order valence-corrected chi connectivity index (χ1v) is 11.5. The monoisotopic (exact) mass is 410 g/mol. The summed E-state index contributed by atoms with van der Waals surface area (Å²) in [7, 11) is 0. The molecule has 3 aliphatic rings. The van der Waals surface area contributed by atoms with Crippen LogP contribution in [0.2, 0.25) is 0 Å². The predicted octanol–water partition coefficient (Wildman–Crippen LogP) is 5.53. The molecular weight excluding hydrogens is 380 g/mol. The topological polar surface area (TPSA) is 44.2 Å². The molecule has 5 rings (SSSR count). The molecule has 1 saturated heterocycles.